The van der Waals surface area contributed by atoms with Crippen molar-refractivity contribution in [3.63, 3.8) is 0 Å². The number of rotatable bonds is 10. The van der Waals surface area contributed by atoms with Gasteiger partial charge in [0.1, 0.15) is 10.9 Å². The minimum absolute atomic E-state index is 0.0122. The highest BCUT2D eigenvalue weighted by Gasteiger charge is 2.37. The van der Waals surface area contributed by atoms with Crippen LogP contribution in [-0.4, -0.2) is 55.6 Å². The Hall–Kier alpha value is -4.16. The van der Waals surface area contributed by atoms with Crippen molar-refractivity contribution in [2.45, 2.75) is 31.9 Å². The molecule has 2 aromatic carbocycles. The molecule has 1 fully saturated rings. The van der Waals surface area contributed by atoms with Crippen LogP contribution in [0.5, 0.6) is 11.5 Å². The number of carbonyl (C=O) groups excluding carboxylic acids is 3. The van der Waals surface area contributed by atoms with Crippen LogP contribution in [0.4, 0.5) is 11.4 Å². The quantitative estimate of drug-likeness (QED) is 0.346. The first-order valence-electron chi connectivity index (χ1n) is 12.3. The zero-order valence-corrected chi connectivity index (χ0v) is 22.7. The van der Waals surface area contributed by atoms with Crippen molar-refractivity contribution in [2.24, 2.45) is 5.73 Å². The smallest absolute Gasteiger partial charge is 0.273 e. The van der Waals surface area contributed by atoms with Crippen LogP contribution >= 0.6 is 11.5 Å². The monoisotopic (exact) mass is 553 g/mol. The lowest BCUT2D eigenvalue weighted by atomic mass is 10.0. The van der Waals surface area contributed by atoms with Gasteiger partial charge in [-0.15, -0.1) is 0 Å². The number of carbonyl (C=O) groups is 3. The van der Waals surface area contributed by atoms with Crippen LogP contribution < -0.4 is 31.2 Å². The number of anilines is 2. The second-order valence-corrected chi connectivity index (χ2v) is 9.82. The van der Waals surface area contributed by atoms with Crippen molar-refractivity contribution in [2.75, 3.05) is 38.0 Å². The van der Waals surface area contributed by atoms with Crippen molar-refractivity contribution in [3.8, 4) is 11.5 Å². The molecule has 5 N–H and O–H groups in total. The van der Waals surface area contributed by atoms with Gasteiger partial charge in [-0.05, 0) is 61.1 Å². The highest BCUT2D eigenvalue weighted by molar-refractivity contribution is 7.09. The lowest BCUT2D eigenvalue weighted by molar-refractivity contribution is -0.123. The first kappa shape index (κ1) is 27.9. The molecule has 12 heteroatoms. The molecule has 2 heterocycles. The van der Waals surface area contributed by atoms with Gasteiger partial charge in [-0.1, -0.05) is 23.8 Å². The maximum atomic E-state index is 14.1. The lowest BCUT2D eigenvalue weighted by Gasteiger charge is -2.32. The third kappa shape index (κ3) is 5.96. The Bertz CT molecular complexity index is 1350. The van der Waals surface area contributed by atoms with Crippen LogP contribution in [0.2, 0.25) is 0 Å². The van der Waals surface area contributed by atoms with Crippen molar-refractivity contribution in [3.05, 3.63) is 64.2 Å². The fourth-order valence-electron chi connectivity index (χ4n) is 4.38. The summed E-state index contributed by atoms with van der Waals surface area (Å²) in [6.45, 7) is 2.84. The summed E-state index contributed by atoms with van der Waals surface area (Å²) < 4.78 is 20.5. The van der Waals surface area contributed by atoms with E-state index in [1.807, 2.05) is 19.1 Å². The molecule has 1 aliphatic rings. The van der Waals surface area contributed by atoms with Crippen LogP contribution in [-0.2, 0) is 9.53 Å². The first-order valence-corrected chi connectivity index (χ1v) is 13.1. The third-order valence-corrected chi connectivity index (χ3v) is 7.30. The molecule has 1 aliphatic heterocycles. The summed E-state index contributed by atoms with van der Waals surface area (Å²) in [4.78, 5) is 41.2. The van der Waals surface area contributed by atoms with Crippen LogP contribution in [0.25, 0.3) is 0 Å². The Balaban J connectivity index is 1.85. The Kier molecular flexibility index (Phi) is 8.67. The van der Waals surface area contributed by atoms with Gasteiger partial charge >= 0.3 is 0 Å². The highest BCUT2D eigenvalue weighted by atomic mass is 32.1. The van der Waals surface area contributed by atoms with E-state index in [0.29, 0.717) is 29.4 Å². The molecule has 0 aliphatic carbocycles. The largest absolute Gasteiger partial charge is 0.493 e. The second kappa shape index (κ2) is 12.1. The van der Waals surface area contributed by atoms with Gasteiger partial charge in [0.05, 0.1) is 26.0 Å². The van der Waals surface area contributed by atoms with Gasteiger partial charge in [0.25, 0.3) is 11.8 Å². The molecule has 11 nitrogen and oxygen atoms in total. The van der Waals surface area contributed by atoms with Gasteiger partial charge in [-0.3, -0.25) is 19.3 Å². The number of aromatic nitrogens is 1. The number of benzene rings is 2. The minimum Gasteiger partial charge on any atom is -0.493 e. The molecule has 206 valence electrons. The number of nitrogens with two attached hydrogens (primary N) is 2. The number of hydrogen-bond donors (Lipinski definition) is 3. The Morgan fingerprint density at radius 3 is 2.46 bits per heavy atom. The first-order chi connectivity index (χ1) is 18.7. The predicted molar refractivity (Wildman–Crippen MR) is 147 cm³/mol. The molecule has 0 saturated carbocycles. The molecule has 0 unspecified atom stereocenters. The van der Waals surface area contributed by atoms with Gasteiger partial charge in [0.2, 0.25) is 5.91 Å². The average molecular weight is 554 g/mol. The van der Waals surface area contributed by atoms with Crippen molar-refractivity contribution in [1.29, 1.82) is 0 Å². The highest BCUT2D eigenvalue weighted by Crippen LogP contribution is 2.36. The van der Waals surface area contributed by atoms with E-state index in [4.69, 9.17) is 25.7 Å². The Morgan fingerprint density at radius 1 is 1.15 bits per heavy atom. The number of ether oxygens (including phenoxy) is 3. The molecule has 0 spiro atoms. The zero-order valence-electron chi connectivity index (χ0n) is 21.9. The van der Waals surface area contributed by atoms with E-state index in [1.54, 1.807) is 30.3 Å². The maximum absolute atomic E-state index is 14.1. The number of nitrogen functional groups attached to an aromatic ring is 1. The van der Waals surface area contributed by atoms with Gasteiger partial charge in [0.15, 0.2) is 17.2 Å². The van der Waals surface area contributed by atoms with Gasteiger partial charge in [-0.2, -0.15) is 4.37 Å². The number of hydrogen-bond acceptors (Lipinski definition) is 9. The molecular formula is C27H31N5O6S. The van der Waals surface area contributed by atoms with E-state index in [1.165, 1.54) is 19.1 Å². The molecule has 4 rings (SSSR count). The number of nitrogens with one attached hydrogen (secondary N) is 1. The number of amides is 3. The molecule has 0 bridgehead atoms. The normalized spacial score (nSPS) is 15.4. The van der Waals surface area contributed by atoms with Crippen molar-refractivity contribution in [1.82, 2.24) is 9.69 Å². The number of nitrogens with zero attached hydrogens (tertiary/aromatic N) is 2. The molecule has 2 atom stereocenters. The molecule has 1 aromatic heterocycles. The van der Waals surface area contributed by atoms with Crippen LogP contribution in [0.15, 0.2) is 42.5 Å². The Labute approximate surface area is 230 Å². The summed E-state index contributed by atoms with van der Waals surface area (Å²) in [5.41, 5.74) is 13.0. The summed E-state index contributed by atoms with van der Waals surface area (Å²) >= 11 is 0.747. The van der Waals surface area contributed by atoms with Gasteiger partial charge in [-0.25, -0.2) is 0 Å². The maximum Gasteiger partial charge on any atom is 0.273 e. The van der Waals surface area contributed by atoms with E-state index in [9.17, 15) is 14.4 Å². The average Bonchev–Trinajstić information content (AvgIpc) is 3.60. The lowest BCUT2D eigenvalue weighted by Crippen LogP contribution is -2.45. The molecule has 3 aromatic rings. The van der Waals surface area contributed by atoms with E-state index in [0.717, 1.165) is 29.9 Å². The molecule has 1 saturated heterocycles. The van der Waals surface area contributed by atoms with Crippen LogP contribution in [0.1, 0.15) is 50.2 Å². The molecular weight excluding hydrogens is 522 g/mol. The zero-order chi connectivity index (χ0) is 28.1. The van der Waals surface area contributed by atoms with Crippen LogP contribution in [0, 0.1) is 6.92 Å². The summed E-state index contributed by atoms with van der Waals surface area (Å²) in [5, 5.41) is 2.95. The topological polar surface area (TPSA) is 159 Å². The number of aryl methyl sites for hydroxylation is 1. The van der Waals surface area contributed by atoms with E-state index < -0.39 is 23.8 Å². The van der Waals surface area contributed by atoms with Crippen LogP contribution in [0.3, 0.4) is 0 Å². The Morgan fingerprint density at radius 2 is 1.87 bits per heavy atom. The van der Waals surface area contributed by atoms with E-state index in [-0.39, 0.29) is 28.9 Å². The fourth-order valence-corrected chi connectivity index (χ4v) is 5.13. The van der Waals surface area contributed by atoms with Gasteiger partial charge < -0.3 is 31.0 Å². The molecule has 3 amide bonds. The van der Waals surface area contributed by atoms with E-state index >= 15 is 0 Å². The summed E-state index contributed by atoms with van der Waals surface area (Å²) in [6.07, 6.45) is 1.63. The van der Waals surface area contributed by atoms with Gasteiger partial charge in [0, 0.05) is 18.8 Å². The minimum atomic E-state index is -1.15. The SMILES string of the molecule is COc1ccc([C@@H](C(=O)NC[C@H]2CCCO2)N(C(=O)c2snc(C(N)=O)c2N)c2ccc(C)cc2)cc1OC. The molecule has 0 radical (unpaired) electrons. The van der Waals surface area contributed by atoms with Crippen molar-refractivity contribution < 1.29 is 28.6 Å². The van der Waals surface area contributed by atoms with E-state index in [2.05, 4.69) is 9.69 Å². The summed E-state index contributed by atoms with van der Waals surface area (Å²) in [6, 6.07) is 11.0. The number of methoxy groups -OCH3 is 2. The summed E-state index contributed by atoms with van der Waals surface area (Å²) in [7, 11) is 2.99. The summed E-state index contributed by atoms with van der Waals surface area (Å²) in [5.74, 6) is -1.06. The molecule has 39 heavy (non-hydrogen) atoms. The predicted octanol–water partition coefficient (Wildman–Crippen LogP) is 2.83. The van der Waals surface area contributed by atoms with Crippen molar-refractivity contribution >= 4 is 40.6 Å². The fraction of sp³-hybridized carbons (Fsp3) is 0.333. The third-order valence-electron chi connectivity index (χ3n) is 6.44. The standard InChI is InChI=1S/C27H31N5O6S/c1-15-6-9-17(10-7-15)32(27(35)24-21(28)22(25(29)33)31-39-24)23(26(34)30-14-18-5-4-12-38-18)16-8-11-19(36-2)20(13-16)37-3/h6-11,13,18,23H,4-5,12,14,28H2,1-3H3,(H2,29,33)(H,30,34)/t18-,23+/m1/s1. The second-order valence-electron chi connectivity index (χ2n) is 9.05. The number of primary amides is 1.